The van der Waals surface area contributed by atoms with Crippen molar-refractivity contribution in [1.29, 1.82) is 5.26 Å². The van der Waals surface area contributed by atoms with Gasteiger partial charge in [0.25, 0.3) is 5.91 Å². The van der Waals surface area contributed by atoms with E-state index in [0.29, 0.717) is 11.5 Å². The number of nitrogens with zero attached hydrogens (tertiary/aromatic N) is 1. The first-order valence-corrected chi connectivity index (χ1v) is 8.08. The summed E-state index contributed by atoms with van der Waals surface area (Å²) in [4.78, 5) is 12.5. The fourth-order valence-electron chi connectivity index (χ4n) is 2.73. The summed E-state index contributed by atoms with van der Waals surface area (Å²) in [5.41, 5.74) is 1.44. The number of hydrogen-bond acceptors (Lipinski definition) is 4. The van der Waals surface area contributed by atoms with Crippen LogP contribution in [0.5, 0.6) is 11.5 Å². The van der Waals surface area contributed by atoms with Gasteiger partial charge < -0.3 is 15.5 Å². The number of aromatic hydroxyl groups is 2. The van der Waals surface area contributed by atoms with Crippen molar-refractivity contribution in [2.24, 2.45) is 5.92 Å². The summed E-state index contributed by atoms with van der Waals surface area (Å²) < 4.78 is 0. The maximum atomic E-state index is 12.5. The number of phenolic OH excluding ortho intramolecular Hbond substituents is 2. The molecule has 2 aromatic rings. The Morgan fingerprint density at radius 2 is 1.88 bits per heavy atom. The van der Waals surface area contributed by atoms with Gasteiger partial charge in [0.15, 0.2) is 11.5 Å². The highest BCUT2D eigenvalue weighted by Crippen LogP contribution is 2.41. The molecule has 1 saturated carbocycles. The molecule has 0 heterocycles. The van der Waals surface area contributed by atoms with Gasteiger partial charge in [0.2, 0.25) is 0 Å². The number of amides is 1. The largest absolute Gasteiger partial charge is 0.504 e. The molecule has 0 saturated heterocycles. The third-order valence-electron chi connectivity index (χ3n) is 4.21. The van der Waals surface area contributed by atoms with E-state index in [0.717, 1.165) is 18.4 Å². The van der Waals surface area contributed by atoms with E-state index in [-0.39, 0.29) is 23.1 Å². The van der Waals surface area contributed by atoms with Crippen LogP contribution in [0, 0.1) is 17.2 Å². The van der Waals surface area contributed by atoms with Crippen LogP contribution in [-0.4, -0.2) is 16.1 Å². The lowest BCUT2D eigenvalue weighted by Crippen LogP contribution is -2.30. The van der Waals surface area contributed by atoms with Gasteiger partial charge in [0.1, 0.15) is 11.6 Å². The van der Waals surface area contributed by atoms with Crippen LogP contribution in [0.25, 0.3) is 6.08 Å². The minimum absolute atomic E-state index is 0.0494. The first-order valence-electron chi connectivity index (χ1n) is 8.08. The molecule has 0 spiro atoms. The molecule has 1 amide bonds. The van der Waals surface area contributed by atoms with E-state index in [1.807, 2.05) is 36.4 Å². The van der Waals surface area contributed by atoms with Crippen molar-refractivity contribution >= 4 is 12.0 Å². The molecule has 126 valence electrons. The van der Waals surface area contributed by atoms with Gasteiger partial charge in [-0.05, 0) is 48.1 Å². The van der Waals surface area contributed by atoms with E-state index in [1.165, 1.54) is 24.3 Å². The molecular weight excluding hydrogens is 316 g/mol. The molecule has 0 aromatic heterocycles. The predicted molar refractivity (Wildman–Crippen MR) is 93.4 cm³/mol. The lowest BCUT2D eigenvalue weighted by molar-refractivity contribution is -0.117. The number of hydrogen-bond donors (Lipinski definition) is 3. The van der Waals surface area contributed by atoms with Crippen molar-refractivity contribution in [3.05, 3.63) is 65.2 Å². The first-order chi connectivity index (χ1) is 12.1. The highest BCUT2D eigenvalue weighted by molar-refractivity contribution is 6.02. The Bertz CT molecular complexity index is 849. The van der Waals surface area contributed by atoms with Crippen molar-refractivity contribution in [3.8, 4) is 17.6 Å². The van der Waals surface area contributed by atoms with Crippen LogP contribution in [0.3, 0.4) is 0 Å². The molecule has 1 aliphatic carbocycles. The molecule has 25 heavy (non-hydrogen) atoms. The quantitative estimate of drug-likeness (QED) is 0.444. The fraction of sp³-hybridized carbons (Fsp3) is 0.200. The average molecular weight is 334 g/mol. The minimum Gasteiger partial charge on any atom is -0.504 e. The van der Waals surface area contributed by atoms with Gasteiger partial charge in [-0.2, -0.15) is 5.26 Å². The van der Waals surface area contributed by atoms with Gasteiger partial charge in [0, 0.05) is 0 Å². The van der Waals surface area contributed by atoms with Crippen molar-refractivity contribution in [1.82, 2.24) is 5.32 Å². The molecule has 1 atom stereocenters. The maximum Gasteiger partial charge on any atom is 0.262 e. The highest BCUT2D eigenvalue weighted by atomic mass is 16.3. The summed E-state index contributed by atoms with van der Waals surface area (Å²) in [6, 6.07) is 15.6. The molecule has 3 N–H and O–H groups in total. The van der Waals surface area contributed by atoms with Crippen LogP contribution in [0.1, 0.15) is 30.0 Å². The number of nitriles is 1. The van der Waals surface area contributed by atoms with Crippen molar-refractivity contribution < 1.29 is 15.0 Å². The van der Waals surface area contributed by atoms with E-state index >= 15 is 0 Å². The number of phenols is 2. The molecule has 3 rings (SSSR count). The van der Waals surface area contributed by atoms with Gasteiger partial charge in [-0.3, -0.25) is 4.79 Å². The van der Waals surface area contributed by atoms with E-state index in [9.17, 15) is 20.3 Å². The summed E-state index contributed by atoms with van der Waals surface area (Å²) in [5, 5.41) is 31.2. The van der Waals surface area contributed by atoms with Crippen molar-refractivity contribution in [3.63, 3.8) is 0 Å². The zero-order chi connectivity index (χ0) is 17.8. The highest BCUT2D eigenvalue weighted by Gasteiger charge is 2.33. The van der Waals surface area contributed by atoms with Crippen LogP contribution in [0.2, 0.25) is 0 Å². The Kier molecular flexibility index (Phi) is 4.71. The van der Waals surface area contributed by atoms with Gasteiger partial charge in [0.05, 0.1) is 6.04 Å². The first kappa shape index (κ1) is 16.6. The zero-order valence-electron chi connectivity index (χ0n) is 13.5. The average Bonchev–Trinajstić information content (AvgIpc) is 3.46. The lowest BCUT2D eigenvalue weighted by Gasteiger charge is -2.18. The Balaban J connectivity index is 1.81. The predicted octanol–water partition coefficient (Wildman–Crippen LogP) is 3.27. The minimum atomic E-state index is -0.448. The molecule has 0 bridgehead atoms. The normalized spacial score (nSPS) is 15.2. The van der Waals surface area contributed by atoms with Crippen LogP contribution >= 0.6 is 0 Å². The Morgan fingerprint density at radius 1 is 1.16 bits per heavy atom. The second kappa shape index (κ2) is 7.10. The Morgan fingerprint density at radius 3 is 2.48 bits per heavy atom. The SMILES string of the molecule is N#CC(=Cc1ccc(O)c(O)c1)C(=O)NC(c1ccccc1)C1CC1. The molecule has 0 radical (unpaired) electrons. The molecule has 2 aromatic carbocycles. The number of benzene rings is 2. The van der Waals surface area contributed by atoms with Gasteiger partial charge in [-0.15, -0.1) is 0 Å². The smallest absolute Gasteiger partial charge is 0.262 e. The van der Waals surface area contributed by atoms with Crippen LogP contribution in [0.4, 0.5) is 0 Å². The second-order valence-electron chi connectivity index (χ2n) is 6.12. The van der Waals surface area contributed by atoms with Crippen LogP contribution < -0.4 is 5.32 Å². The standard InChI is InChI=1S/C20H18N2O3/c21-12-16(10-13-6-9-17(23)18(24)11-13)20(25)22-19(15-7-8-15)14-4-2-1-3-5-14/h1-6,9-11,15,19,23-24H,7-8H2,(H,22,25). The van der Waals surface area contributed by atoms with E-state index in [2.05, 4.69) is 5.32 Å². The summed E-state index contributed by atoms with van der Waals surface area (Å²) in [6.45, 7) is 0. The number of carbonyl (C=O) groups excluding carboxylic acids is 1. The molecular formula is C20H18N2O3. The van der Waals surface area contributed by atoms with Gasteiger partial charge in [-0.1, -0.05) is 36.4 Å². The van der Waals surface area contributed by atoms with Crippen molar-refractivity contribution in [2.75, 3.05) is 0 Å². The molecule has 5 heteroatoms. The Hall–Kier alpha value is -3.26. The third-order valence-corrected chi connectivity index (χ3v) is 4.21. The van der Waals surface area contributed by atoms with Gasteiger partial charge >= 0.3 is 0 Å². The summed E-state index contributed by atoms with van der Waals surface area (Å²) >= 11 is 0. The maximum absolute atomic E-state index is 12.5. The number of rotatable bonds is 5. The second-order valence-corrected chi connectivity index (χ2v) is 6.12. The molecule has 0 aliphatic heterocycles. The van der Waals surface area contributed by atoms with E-state index < -0.39 is 5.91 Å². The fourth-order valence-corrected chi connectivity index (χ4v) is 2.73. The topological polar surface area (TPSA) is 93.3 Å². The summed E-state index contributed by atoms with van der Waals surface area (Å²) in [7, 11) is 0. The van der Waals surface area contributed by atoms with E-state index in [4.69, 9.17) is 0 Å². The molecule has 1 aliphatic rings. The summed E-state index contributed by atoms with van der Waals surface area (Å²) in [6.07, 6.45) is 3.50. The Labute approximate surface area is 145 Å². The van der Waals surface area contributed by atoms with E-state index in [1.54, 1.807) is 0 Å². The molecule has 1 unspecified atom stereocenters. The monoisotopic (exact) mass is 334 g/mol. The van der Waals surface area contributed by atoms with Crippen LogP contribution in [-0.2, 0) is 4.79 Å². The number of nitrogens with one attached hydrogen (secondary N) is 1. The number of carbonyl (C=O) groups is 1. The molecule has 5 nitrogen and oxygen atoms in total. The summed E-state index contributed by atoms with van der Waals surface area (Å²) in [5.74, 6) is -0.607. The van der Waals surface area contributed by atoms with Gasteiger partial charge in [-0.25, -0.2) is 0 Å². The molecule has 1 fully saturated rings. The van der Waals surface area contributed by atoms with Crippen LogP contribution in [0.15, 0.2) is 54.1 Å². The van der Waals surface area contributed by atoms with Crippen molar-refractivity contribution in [2.45, 2.75) is 18.9 Å². The lowest BCUT2D eigenvalue weighted by atomic mass is 10.0. The third kappa shape index (κ3) is 3.99. The zero-order valence-corrected chi connectivity index (χ0v) is 13.5.